The summed E-state index contributed by atoms with van der Waals surface area (Å²) in [6.45, 7) is 4.15. The first-order valence-electron chi connectivity index (χ1n) is 9.95. The maximum Gasteiger partial charge on any atom is 0.311 e. The molecule has 1 aromatic rings. The van der Waals surface area contributed by atoms with Gasteiger partial charge in [-0.2, -0.15) is 0 Å². The average Bonchev–Trinajstić information content (AvgIpc) is 3.36. The number of carbonyl (C=O) groups is 4. The van der Waals surface area contributed by atoms with Crippen molar-refractivity contribution in [3.8, 4) is 0 Å². The average molecular weight is 405 g/mol. The summed E-state index contributed by atoms with van der Waals surface area (Å²) in [5, 5.41) is 0. The Kier molecular flexibility index (Phi) is 6.56. The molecule has 0 radical (unpaired) electrons. The predicted molar refractivity (Wildman–Crippen MR) is 101 cm³/mol. The molecule has 2 N–H and O–H groups in total. The highest BCUT2D eigenvalue weighted by Crippen LogP contribution is 2.35. The lowest BCUT2D eigenvalue weighted by molar-refractivity contribution is -0.152. The second kappa shape index (κ2) is 9.11. The van der Waals surface area contributed by atoms with Crippen LogP contribution in [0.2, 0.25) is 0 Å². The second-order valence-corrected chi connectivity index (χ2v) is 7.87. The Balaban J connectivity index is 1.43. The van der Waals surface area contributed by atoms with E-state index in [-0.39, 0.29) is 24.1 Å². The molecule has 0 bridgehead atoms. The second-order valence-electron chi connectivity index (χ2n) is 7.87. The van der Waals surface area contributed by atoms with Crippen molar-refractivity contribution < 1.29 is 28.3 Å². The van der Waals surface area contributed by atoms with Gasteiger partial charge in [0, 0.05) is 19.0 Å². The van der Waals surface area contributed by atoms with Crippen LogP contribution >= 0.6 is 0 Å². The van der Waals surface area contributed by atoms with Crippen LogP contribution in [0.3, 0.4) is 0 Å². The number of hydrazine groups is 1. The van der Waals surface area contributed by atoms with E-state index in [4.69, 9.17) is 9.15 Å². The Hall–Kier alpha value is -2.84. The van der Waals surface area contributed by atoms with Gasteiger partial charge in [-0.25, -0.2) is 0 Å². The third-order valence-corrected chi connectivity index (χ3v) is 5.96. The molecule has 158 valence electrons. The highest BCUT2D eigenvalue weighted by Gasteiger charge is 2.42. The maximum atomic E-state index is 12.5. The molecule has 1 aliphatic carbocycles. The first kappa shape index (κ1) is 20.9. The van der Waals surface area contributed by atoms with Gasteiger partial charge in [0.05, 0.1) is 12.2 Å². The van der Waals surface area contributed by atoms with Crippen molar-refractivity contribution in [3.63, 3.8) is 0 Å². The van der Waals surface area contributed by atoms with Crippen molar-refractivity contribution >= 4 is 23.7 Å². The smallest absolute Gasteiger partial charge is 0.311 e. The fourth-order valence-corrected chi connectivity index (χ4v) is 4.09. The summed E-state index contributed by atoms with van der Waals surface area (Å²) in [6, 6.07) is 3.14. The number of nitrogens with zero attached hydrogens (tertiary/aromatic N) is 1. The number of carbonyl (C=O) groups excluding carboxylic acids is 4. The van der Waals surface area contributed by atoms with Gasteiger partial charge < -0.3 is 14.1 Å². The fourth-order valence-electron chi connectivity index (χ4n) is 4.09. The summed E-state index contributed by atoms with van der Waals surface area (Å²) in [5.74, 6) is -1.51. The first-order valence-corrected chi connectivity index (χ1v) is 9.95. The van der Waals surface area contributed by atoms with E-state index in [0.717, 1.165) is 19.3 Å². The molecule has 1 aromatic heterocycles. The van der Waals surface area contributed by atoms with Crippen LogP contribution in [0.4, 0.5) is 0 Å². The van der Waals surface area contributed by atoms with Crippen LogP contribution in [-0.2, 0) is 19.1 Å². The lowest BCUT2D eigenvalue weighted by Gasteiger charge is -2.39. The molecule has 0 aromatic carbocycles. The molecular weight excluding hydrogens is 378 g/mol. The molecule has 3 amide bonds. The molecule has 0 unspecified atom stereocenters. The monoisotopic (exact) mass is 405 g/mol. The van der Waals surface area contributed by atoms with Crippen molar-refractivity contribution in [1.82, 2.24) is 15.8 Å². The van der Waals surface area contributed by atoms with Crippen molar-refractivity contribution in [3.05, 3.63) is 24.2 Å². The zero-order chi connectivity index (χ0) is 21.0. The lowest BCUT2D eigenvalue weighted by atomic mass is 9.77. The van der Waals surface area contributed by atoms with Crippen LogP contribution in [0.5, 0.6) is 0 Å². The SMILES string of the molecule is C[C@@H]1[C@@H](C)CCC[C@@H]1N1C[C@H](C(=O)OCC(=O)NNC(=O)c2ccco2)CC1=O. The van der Waals surface area contributed by atoms with E-state index in [9.17, 15) is 19.2 Å². The highest BCUT2D eigenvalue weighted by molar-refractivity contribution is 5.93. The minimum atomic E-state index is -0.686. The van der Waals surface area contributed by atoms with E-state index in [1.54, 1.807) is 6.07 Å². The summed E-state index contributed by atoms with van der Waals surface area (Å²) < 4.78 is 9.93. The summed E-state index contributed by atoms with van der Waals surface area (Å²) in [5.41, 5.74) is 4.30. The van der Waals surface area contributed by atoms with Gasteiger partial charge in [-0.05, 0) is 30.4 Å². The largest absolute Gasteiger partial charge is 0.459 e. The number of hydrogen-bond acceptors (Lipinski definition) is 6. The first-order chi connectivity index (χ1) is 13.9. The molecule has 1 saturated carbocycles. The van der Waals surface area contributed by atoms with Gasteiger partial charge in [-0.3, -0.25) is 30.0 Å². The number of amides is 3. The quantitative estimate of drug-likeness (QED) is 0.562. The third kappa shape index (κ3) is 4.96. The van der Waals surface area contributed by atoms with Gasteiger partial charge in [0.15, 0.2) is 12.4 Å². The van der Waals surface area contributed by atoms with E-state index in [1.807, 2.05) is 4.90 Å². The molecule has 2 fully saturated rings. The molecular formula is C20H27N3O6. The Bertz CT molecular complexity index is 762. The minimum absolute atomic E-state index is 0.0342. The van der Waals surface area contributed by atoms with Crippen LogP contribution in [-0.4, -0.2) is 47.8 Å². The Morgan fingerprint density at radius 1 is 1.24 bits per heavy atom. The Morgan fingerprint density at radius 2 is 2.03 bits per heavy atom. The van der Waals surface area contributed by atoms with E-state index >= 15 is 0 Å². The molecule has 2 aliphatic rings. The van der Waals surface area contributed by atoms with Crippen molar-refractivity contribution in [1.29, 1.82) is 0 Å². The lowest BCUT2D eigenvalue weighted by Crippen LogP contribution is -2.45. The Labute approximate surface area is 169 Å². The Morgan fingerprint density at radius 3 is 2.76 bits per heavy atom. The van der Waals surface area contributed by atoms with E-state index in [0.29, 0.717) is 18.4 Å². The van der Waals surface area contributed by atoms with Gasteiger partial charge in [0.1, 0.15) is 0 Å². The molecule has 1 saturated heterocycles. The maximum absolute atomic E-state index is 12.5. The third-order valence-electron chi connectivity index (χ3n) is 5.96. The normalized spacial score (nSPS) is 26.8. The molecule has 3 rings (SSSR count). The predicted octanol–water partition coefficient (Wildman–Crippen LogP) is 1.26. The molecule has 2 heterocycles. The minimum Gasteiger partial charge on any atom is -0.459 e. The zero-order valence-electron chi connectivity index (χ0n) is 16.7. The summed E-state index contributed by atoms with van der Waals surface area (Å²) >= 11 is 0. The number of hydrogen-bond donors (Lipinski definition) is 2. The number of likely N-dealkylation sites (tertiary alicyclic amines) is 1. The highest BCUT2D eigenvalue weighted by atomic mass is 16.5. The van der Waals surface area contributed by atoms with Crippen molar-refractivity contribution in [2.45, 2.75) is 45.6 Å². The number of esters is 1. The van der Waals surface area contributed by atoms with Gasteiger partial charge in [0.2, 0.25) is 5.91 Å². The number of rotatable bonds is 5. The molecule has 9 nitrogen and oxygen atoms in total. The van der Waals surface area contributed by atoms with Crippen molar-refractivity contribution in [2.75, 3.05) is 13.2 Å². The van der Waals surface area contributed by atoms with Gasteiger partial charge in [-0.1, -0.05) is 26.7 Å². The van der Waals surface area contributed by atoms with Gasteiger partial charge in [-0.15, -0.1) is 0 Å². The number of nitrogens with one attached hydrogen (secondary N) is 2. The summed E-state index contributed by atoms with van der Waals surface area (Å²) in [4.78, 5) is 50.0. The van der Waals surface area contributed by atoms with E-state index in [2.05, 4.69) is 24.7 Å². The van der Waals surface area contributed by atoms with E-state index in [1.165, 1.54) is 12.3 Å². The van der Waals surface area contributed by atoms with Crippen molar-refractivity contribution in [2.24, 2.45) is 17.8 Å². The van der Waals surface area contributed by atoms with Crippen LogP contribution in [0.15, 0.2) is 22.8 Å². The topological polar surface area (TPSA) is 118 Å². The van der Waals surface area contributed by atoms with Gasteiger partial charge in [0.25, 0.3) is 5.91 Å². The van der Waals surface area contributed by atoms with Crippen LogP contribution in [0.25, 0.3) is 0 Å². The summed E-state index contributed by atoms with van der Waals surface area (Å²) in [6.07, 6.45) is 4.64. The standard InChI is InChI=1S/C20H27N3O6/c1-12-5-3-6-15(13(12)2)23-10-14(9-18(23)25)20(27)29-11-17(24)21-22-19(26)16-7-4-8-28-16/h4,7-8,12-15H,3,5-6,9-11H2,1-2H3,(H,21,24)(H,22,26)/t12-,13+,14+,15-/m0/s1. The molecule has 29 heavy (non-hydrogen) atoms. The number of furan rings is 1. The molecule has 1 aliphatic heterocycles. The fraction of sp³-hybridized carbons (Fsp3) is 0.600. The zero-order valence-corrected chi connectivity index (χ0v) is 16.7. The molecule has 9 heteroatoms. The summed E-state index contributed by atoms with van der Waals surface area (Å²) in [7, 11) is 0. The van der Waals surface area contributed by atoms with Crippen LogP contribution < -0.4 is 10.9 Å². The molecule has 0 spiro atoms. The molecule has 4 atom stereocenters. The van der Waals surface area contributed by atoms with Crippen LogP contribution in [0.1, 0.15) is 50.1 Å². The van der Waals surface area contributed by atoms with E-state index < -0.39 is 30.3 Å². The van der Waals surface area contributed by atoms with Gasteiger partial charge >= 0.3 is 11.9 Å². The van der Waals surface area contributed by atoms with Crippen LogP contribution in [0, 0.1) is 17.8 Å². The number of ether oxygens (including phenoxy) is 1.